The Balaban J connectivity index is 4.18. The van der Waals surface area contributed by atoms with Gasteiger partial charge in [-0.05, 0) is 30.1 Å². The maximum Gasteiger partial charge on any atom is -0.0300 e. The van der Waals surface area contributed by atoms with E-state index in [0.29, 0.717) is 5.41 Å². The third-order valence-electron chi connectivity index (χ3n) is 5.05. The van der Waals surface area contributed by atoms with Crippen LogP contribution in [0.3, 0.4) is 0 Å². The quantitative estimate of drug-likeness (QED) is 0.412. The molecule has 104 valence electrons. The van der Waals surface area contributed by atoms with Crippen molar-refractivity contribution < 1.29 is 0 Å². The van der Waals surface area contributed by atoms with Gasteiger partial charge in [0.05, 0.1) is 0 Å². The molecule has 0 saturated carbocycles. The molecule has 0 saturated heterocycles. The van der Waals surface area contributed by atoms with E-state index in [2.05, 4.69) is 41.5 Å². The Morgan fingerprint density at radius 1 is 0.882 bits per heavy atom. The van der Waals surface area contributed by atoms with Gasteiger partial charge in [-0.3, -0.25) is 0 Å². The molecule has 0 aromatic carbocycles. The van der Waals surface area contributed by atoms with Crippen molar-refractivity contribution >= 4 is 0 Å². The summed E-state index contributed by atoms with van der Waals surface area (Å²) in [6, 6.07) is 0. The van der Waals surface area contributed by atoms with Crippen molar-refractivity contribution in [3.8, 4) is 0 Å². The van der Waals surface area contributed by atoms with E-state index < -0.39 is 0 Å². The normalized spacial score (nSPS) is 18.7. The molecule has 0 amide bonds. The Labute approximate surface area is 111 Å². The molecule has 0 nitrogen and oxygen atoms in total. The predicted molar refractivity (Wildman–Crippen MR) is 80.4 cm³/mol. The van der Waals surface area contributed by atoms with Crippen molar-refractivity contribution in [3.63, 3.8) is 0 Å². The number of hydrogen-bond acceptors (Lipinski definition) is 0. The molecule has 0 radical (unpaired) electrons. The fourth-order valence-electron chi connectivity index (χ4n) is 2.75. The maximum absolute atomic E-state index is 2.54. The molecule has 0 heterocycles. The van der Waals surface area contributed by atoms with Crippen LogP contribution >= 0.6 is 0 Å². The first-order valence-electron chi connectivity index (χ1n) is 8.00. The Kier molecular flexibility index (Phi) is 9.00. The fraction of sp³-hybridized carbons (Fsp3) is 1.00. The maximum atomic E-state index is 2.54. The Morgan fingerprint density at radius 3 is 1.94 bits per heavy atom. The molecule has 0 bridgehead atoms. The zero-order valence-electron chi connectivity index (χ0n) is 13.3. The molecule has 0 rings (SSSR count). The standard InChI is InChI=1S/C17H36/c1-7-10-13-17(6,16(5)9-3)14-11-12-15(4)8-2/h15-16H,7-14H2,1-6H3. The first kappa shape index (κ1) is 17.0. The fourth-order valence-corrected chi connectivity index (χ4v) is 2.75. The summed E-state index contributed by atoms with van der Waals surface area (Å²) < 4.78 is 0. The van der Waals surface area contributed by atoms with E-state index in [0.717, 1.165) is 11.8 Å². The minimum Gasteiger partial charge on any atom is -0.0654 e. The molecule has 3 atom stereocenters. The van der Waals surface area contributed by atoms with Crippen LogP contribution in [0.15, 0.2) is 0 Å². The number of rotatable bonds is 10. The molecule has 0 heteroatoms. The Hall–Kier alpha value is 0. The van der Waals surface area contributed by atoms with E-state index in [1.54, 1.807) is 0 Å². The van der Waals surface area contributed by atoms with Crippen LogP contribution in [0, 0.1) is 17.3 Å². The lowest BCUT2D eigenvalue weighted by atomic mass is 9.69. The zero-order chi connectivity index (χ0) is 13.3. The van der Waals surface area contributed by atoms with Gasteiger partial charge in [-0.15, -0.1) is 0 Å². The monoisotopic (exact) mass is 240 g/mol. The average Bonchev–Trinajstić information content (AvgIpc) is 2.34. The van der Waals surface area contributed by atoms with Gasteiger partial charge in [0.15, 0.2) is 0 Å². The van der Waals surface area contributed by atoms with Crippen LogP contribution in [0.2, 0.25) is 0 Å². The van der Waals surface area contributed by atoms with E-state index in [4.69, 9.17) is 0 Å². The van der Waals surface area contributed by atoms with Gasteiger partial charge < -0.3 is 0 Å². The second-order valence-electron chi connectivity index (χ2n) is 6.47. The van der Waals surface area contributed by atoms with E-state index in [1.165, 1.54) is 51.4 Å². The molecule has 0 aromatic heterocycles. The van der Waals surface area contributed by atoms with Gasteiger partial charge in [0.25, 0.3) is 0 Å². The van der Waals surface area contributed by atoms with Crippen LogP contribution < -0.4 is 0 Å². The largest absolute Gasteiger partial charge is 0.0654 e. The summed E-state index contributed by atoms with van der Waals surface area (Å²) in [5, 5.41) is 0. The first-order valence-corrected chi connectivity index (χ1v) is 8.00. The average molecular weight is 240 g/mol. The van der Waals surface area contributed by atoms with Gasteiger partial charge in [-0.2, -0.15) is 0 Å². The van der Waals surface area contributed by atoms with E-state index in [1.807, 2.05) is 0 Å². The van der Waals surface area contributed by atoms with Gasteiger partial charge in [0, 0.05) is 0 Å². The highest BCUT2D eigenvalue weighted by Gasteiger charge is 2.28. The molecule has 17 heavy (non-hydrogen) atoms. The van der Waals surface area contributed by atoms with Gasteiger partial charge in [-0.25, -0.2) is 0 Å². The lowest BCUT2D eigenvalue weighted by Gasteiger charge is -2.36. The summed E-state index contributed by atoms with van der Waals surface area (Å²) in [7, 11) is 0. The molecule has 0 N–H and O–H groups in total. The highest BCUT2D eigenvalue weighted by Crippen LogP contribution is 2.40. The molecule has 0 fully saturated rings. The van der Waals surface area contributed by atoms with Crippen LogP contribution in [-0.2, 0) is 0 Å². The topological polar surface area (TPSA) is 0 Å². The van der Waals surface area contributed by atoms with E-state index in [9.17, 15) is 0 Å². The van der Waals surface area contributed by atoms with Crippen molar-refractivity contribution in [2.24, 2.45) is 17.3 Å². The molecule has 0 aliphatic heterocycles. The minimum absolute atomic E-state index is 0.595. The summed E-state index contributed by atoms with van der Waals surface area (Å²) in [6.45, 7) is 14.4. The predicted octanol–water partition coefficient (Wildman–Crippen LogP) is 6.45. The summed E-state index contributed by atoms with van der Waals surface area (Å²) in [4.78, 5) is 0. The first-order chi connectivity index (χ1) is 8.00. The number of hydrogen-bond donors (Lipinski definition) is 0. The zero-order valence-corrected chi connectivity index (χ0v) is 13.3. The van der Waals surface area contributed by atoms with Crippen LogP contribution in [-0.4, -0.2) is 0 Å². The summed E-state index contributed by atoms with van der Waals surface area (Å²) in [6.07, 6.45) is 11.2. The highest BCUT2D eigenvalue weighted by molar-refractivity contribution is 4.79. The van der Waals surface area contributed by atoms with Crippen LogP contribution in [0.25, 0.3) is 0 Å². The second kappa shape index (κ2) is 9.00. The van der Waals surface area contributed by atoms with Crippen molar-refractivity contribution in [1.29, 1.82) is 0 Å². The lowest BCUT2D eigenvalue weighted by molar-refractivity contribution is 0.150. The SMILES string of the molecule is CCCCC(C)(CCCC(C)CC)C(C)CC. The van der Waals surface area contributed by atoms with E-state index in [-0.39, 0.29) is 0 Å². The molecular formula is C17H36. The van der Waals surface area contributed by atoms with Crippen molar-refractivity contribution in [3.05, 3.63) is 0 Å². The smallest absolute Gasteiger partial charge is 0.0300 e. The number of unbranched alkanes of at least 4 members (excludes halogenated alkanes) is 1. The van der Waals surface area contributed by atoms with Crippen molar-refractivity contribution in [1.82, 2.24) is 0 Å². The minimum atomic E-state index is 0.595. The van der Waals surface area contributed by atoms with Crippen molar-refractivity contribution in [2.75, 3.05) is 0 Å². The third kappa shape index (κ3) is 6.48. The van der Waals surface area contributed by atoms with Gasteiger partial charge in [-0.1, -0.05) is 80.1 Å². The van der Waals surface area contributed by atoms with Crippen molar-refractivity contribution in [2.45, 2.75) is 92.9 Å². The summed E-state index contributed by atoms with van der Waals surface area (Å²) in [5.41, 5.74) is 0.595. The Bertz CT molecular complexity index is 173. The molecule has 0 spiro atoms. The molecular weight excluding hydrogens is 204 g/mol. The van der Waals surface area contributed by atoms with Gasteiger partial charge >= 0.3 is 0 Å². The van der Waals surface area contributed by atoms with Crippen LogP contribution in [0.5, 0.6) is 0 Å². The molecule has 0 aromatic rings. The highest BCUT2D eigenvalue weighted by atomic mass is 14.3. The lowest BCUT2D eigenvalue weighted by Crippen LogP contribution is -2.25. The van der Waals surface area contributed by atoms with Gasteiger partial charge in [0.1, 0.15) is 0 Å². The van der Waals surface area contributed by atoms with E-state index >= 15 is 0 Å². The molecule has 0 aliphatic carbocycles. The third-order valence-corrected chi connectivity index (χ3v) is 5.05. The summed E-state index contributed by atoms with van der Waals surface area (Å²) >= 11 is 0. The van der Waals surface area contributed by atoms with Crippen LogP contribution in [0.4, 0.5) is 0 Å². The molecule has 3 unspecified atom stereocenters. The van der Waals surface area contributed by atoms with Gasteiger partial charge in [0.2, 0.25) is 0 Å². The second-order valence-corrected chi connectivity index (χ2v) is 6.47. The molecule has 0 aliphatic rings. The van der Waals surface area contributed by atoms with Crippen LogP contribution in [0.1, 0.15) is 92.9 Å². The summed E-state index contributed by atoms with van der Waals surface area (Å²) in [5.74, 6) is 1.80. The Morgan fingerprint density at radius 2 is 1.47 bits per heavy atom.